The van der Waals surface area contributed by atoms with E-state index in [4.69, 9.17) is 0 Å². The van der Waals surface area contributed by atoms with Gasteiger partial charge in [0.25, 0.3) is 10.0 Å². The van der Waals surface area contributed by atoms with Gasteiger partial charge in [0.2, 0.25) is 0 Å². The first-order chi connectivity index (χ1) is 11.7. The molecule has 1 aromatic carbocycles. The number of para-hydroxylation sites is 1. The Morgan fingerprint density at radius 2 is 1.64 bits per heavy atom. The molecule has 3 rings (SSSR count). The number of aryl methyl sites for hydroxylation is 1. The van der Waals surface area contributed by atoms with Crippen molar-refractivity contribution in [2.45, 2.75) is 17.3 Å². The number of anilines is 1. The van der Waals surface area contributed by atoms with Crippen molar-refractivity contribution in [2.75, 3.05) is 31.1 Å². The van der Waals surface area contributed by atoms with Crippen LogP contribution in [0, 0.1) is 6.92 Å². The van der Waals surface area contributed by atoms with Gasteiger partial charge in [-0.2, -0.15) is 17.5 Å². The Morgan fingerprint density at radius 3 is 2.20 bits per heavy atom. The van der Waals surface area contributed by atoms with E-state index in [0.717, 1.165) is 10.9 Å². The zero-order valence-corrected chi connectivity index (χ0v) is 15.1. The summed E-state index contributed by atoms with van der Waals surface area (Å²) < 4.78 is 66.3. The van der Waals surface area contributed by atoms with E-state index in [1.54, 1.807) is 23.1 Å². The molecule has 0 atom stereocenters. The molecule has 0 radical (unpaired) electrons. The van der Waals surface area contributed by atoms with Crippen LogP contribution in [0.2, 0.25) is 0 Å². The average molecular weight is 390 g/mol. The van der Waals surface area contributed by atoms with Gasteiger partial charge in [-0.25, -0.2) is 8.42 Å². The van der Waals surface area contributed by atoms with Gasteiger partial charge in [-0.05, 0) is 31.2 Å². The Bertz CT molecular complexity index is 854. The highest BCUT2D eigenvalue weighted by molar-refractivity contribution is 7.91. The van der Waals surface area contributed by atoms with Gasteiger partial charge >= 0.3 is 6.18 Å². The minimum Gasteiger partial charge on any atom is -0.368 e. The van der Waals surface area contributed by atoms with E-state index in [-0.39, 0.29) is 36.1 Å². The summed E-state index contributed by atoms with van der Waals surface area (Å²) in [5.74, 6) is 0. The molecule has 25 heavy (non-hydrogen) atoms. The van der Waals surface area contributed by atoms with Crippen LogP contribution in [-0.2, 0) is 16.2 Å². The molecule has 0 aliphatic carbocycles. The Balaban J connectivity index is 1.77. The Labute approximate surface area is 148 Å². The third kappa shape index (κ3) is 3.68. The largest absolute Gasteiger partial charge is 0.418 e. The topological polar surface area (TPSA) is 40.6 Å². The van der Waals surface area contributed by atoms with Crippen molar-refractivity contribution in [3.8, 4) is 0 Å². The predicted octanol–water partition coefficient (Wildman–Crippen LogP) is 3.59. The van der Waals surface area contributed by atoms with E-state index < -0.39 is 21.8 Å². The lowest BCUT2D eigenvalue weighted by Gasteiger charge is -2.36. The first-order valence-electron chi connectivity index (χ1n) is 7.67. The number of nitrogens with zero attached hydrogens (tertiary/aromatic N) is 2. The average Bonchev–Trinajstić information content (AvgIpc) is 3.01. The minimum atomic E-state index is -4.44. The highest BCUT2D eigenvalue weighted by Crippen LogP contribution is 2.37. The summed E-state index contributed by atoms with van der Waals surface area (Å²) in [4.78, 5) is 2.49. The van der Waals surface area contributed by atoms with Crippen LogP contribution in [0.4, 0.5) is 18.9 Å². The second-order valence-electron chi connectivity index (χ2n) is 5.77. The number of hydrogen-bond acceptors (Lipinski definition) is 4. The molecule has 0 bridgehead atoms. The standard InChI is InChI=1S/C16H17F3N2O2S2/c1-12-6-7-15(24-12)25(22,23)21-10-8-20(9-11-21)14-5-3-2-4-13(14)16(17,18)19/h2-7H,8-11H2,1H3. The van der Waals surface area contributed by atoms with Crippen LogP contribution < -0.4 is 4.90 Å². The second kappa shape index (κ2) is 6.62. The van der Waals surface area contributed by atoms with E-state index in [1.807, 2.05) is 6.92 Å². The van der Waals surface area contributed by atoms with Crippen LogP contribution in [0.5, 0.6) is 0 Å². The molecule has 0 spiro atoms. The number of hydrogen-bond donors (Lipinski definition) is 0. The van der Waals surface area contributed by atoms with Crippen molar-refractivity contribution in [3.05, 3.63) is 46.8 Å². The molecule has 1 saturated heterocycles. The van der Waals surface area contributed by atoms with E-state index in [9.17, 15) is 21.6 Å². The van der Waals surface area contributed by atoms with Gasteiger partial charge in [-0.3, -0.25) is 0 Å². The molecule has 0 N–H and O–H groups in total. The lowest BCUT2D eigenvalue weighted by molar-refractivity contribution is -0.137. The summed E-state index contributed by atoms with van der Waals surface area (Å²) in [6.07, 6.45) is -4.44. The molecule has 136 valence electrons. The van der Waals surface area contributed by atoms with E-state index >= 15 is 0 Å². The SMILES string of the molecule is Cc1ccc(S(=O)(=O)N2CCN(c3ccccc3C(F)(F)F)CC2)s1. The van der Waals surface area contributed by atoms with Crippen LogP contribution >= 0.6 is 11.3 Å². The third-order valence-corrected chi connectivity index (χ3v) is 7.47. The third-order valence-electron chi connectivity index (χ3n) is 4.10. The van der Waals surface area contributed by atoms with Gasteiger partial charge in [0.05, 0.1) is 5.56 Å². The lowest BCUT2D eigenvalue weighted by Crippen LogP contribution is -2.49. The lowest BCUT2D eigenvalue weighted by atomic mass is 10.1. The van der Waals surface area contributed by atoms with Gasteiger partial charge < -0.3 is 4.90 Å². The van der Waals surface area contributed by atoms with Crippen molar-refractivity contribution in [3.63, 3.8) is 0 Å². The summed E-state index contributed by atoms with van der Waals surface area (Å²) in [5, 5.41) is 0. The molecular weight excluding hydrogens is 373 g/mol. The molecule has 1 aromatic heterocycles. The monoisotopic (exact) mass is 390 g/mol. The van der Waals surface area contributed by atoms with Crippen molar-refractivity contribution in [1.29, 1.82) is 0 Å². The summed E-state index contributed by atoms with van der Waals surface area (Å²) in [6.45, 7) is 2.58. The van der Waals surface area contributed by atoms with Gasteiger partial charge in [-0.1, -0.05) is 12.1 Å². The van der Waals surface area contributed by atoms with Crippen molar-refractivity contribution < 1.29 is 21.6 Å². The van der Waals surface area contributed by atoms with Crippen LogP contribution in [0.1, 0.15) is 10.4 Å². The number of sulfonamides is 1. The molecule has 1 aliphatic heterocycles. The van der Waals surface area contributed by atoms with Gasteiger partial charge in [0, 0.05) is 36.7 Å². The van der Waals surface area contributed by atoms with E-state index in [1.165, 1.54) is 27.8 Å². The summed E-state index contributed by atoms with van der Waals surface area (Å²) in [5.41, 5.74) is -0.598. The zero-order valence-electron chi connectivity index (χ0n) is 13.5. The highest BCUT2D eigenvalue weighted by atomic mass is 32.2. The maximum absolute atomic E-state index is 13.2. The van der Waals surface area contributed by atoms with Gasteiger partial charge in [-0.15, -0.1) is 11.3 Å². The fraction of sp³-hybridized carbons (Fsp3) is 0.375. The Morgan fingerprint density at radius 1 is 1.00 bits per heavy atom. The van der Waals surface area contributed by atoms with Crippen LogP contribution in [0.25, 0.3) is 0 Å². The zero-order chi connectivity index (χ0) is 18.2. The Hall–Kier alpha value is -1.58. The van der Waals surface area contributed by atoms with Crippen LogP contribution in [-0.4, -0.2) is 38.9 Å². The van der Waals surface area contributed by atoms with Gasteiger partial charge in [0.1, 0.15) is 4.21 Å². The second-order valence-corrected chi connectivity index (χ2v) is 9.22. The predicted molar refractivity (Wildman–Crippen MR) is 91.5 cm³/mol. The molecule has 0 saturated carbocycles. The molecule has 2 aromatic rings. The van der Waals surface area contributed by atoms with Crippen LogP contribution in [0.15, 0.2) is 40.6 Å². The fourth-order valence-electron chi connectivity index (χ4n) is 2.84. The quantitative estimate of drug-likeness (QED) is 0.804. The molecule has 1 fully saturated rings. The molecular formula is C16H17F3N2O2S2. The van der Waals surface area contributed by atoms with Crippen LogP contribution in [0.3, 0.4) is 0 Å². The summed E-state index contributed by atoms with van der Waals surface area (Å²) in [7, 11) is -3.58. The Kier molecular flexibility index (Phi) is 4.82. The van der Waals surface area contributed by atoms with Crippen molar-refractivity contribution in [1.82, 2.24) is 4.31 Å². The summed E-state index contributed by atoms with van der Waals surface area (Å²) in [6, 6.07) is 8.70. The van der Waals surface area contributed by atoms with Crippen molar-refractivity contribution >= 4 is 27.0 Å². The number of alkyl halides is 3. The molecule has 2 heterocycles. The first kappa shape index (κ1) is 18.2. The number of piperazine rings is 1. The molecule has 0 amide bonds. The highest BCUT2D eigenvalue weighted by Gasteiger charge is 2.36. The number of rotatable bonds is 3. The number of benzene rings is 1. The molecule has 4 nitrogen and oxygen atoms in total. The number of thiophene rings is 1. The van der Waals surface area contributed by atoms with E-state index in [0.29, 0.717) is 0 Å². The van der Waals surface area contributed by atoms with Crippen molar-refractivity contribution in [2.24, 2.45) is 0 Å². The van der Waals surface area contributed by atoms with Gasteiger partial charge in [0.15, 0.2) is 0 Å². The smallest absolute Gasteiger partial charge is 0.368 e. The maximum atomic E-state index is 13.2. The molecule has 9 heteroatoms. The maximum Gasteiger partial charge on any atom is 0.418 e. The minimum absolute atomic E-state index is 0.0963. The number of halogens is 3. The first-order valence-corrected chi connectivity index (χ1v) is 9.93. The molecule has 1 aliphatic rings. The summed E-state index contributed by atoms with van der Waals surface area (Å²) >= 11 is 1.20. The normalized spacial score (nSPS) is 17.0. The fourth-order valence-corrected chi connectivity index (χ4v) is 5.70. The molecule has 0 unspecified atom stereocenters. The van der Waals surface area contributed by atoms with E-state index in [2.05, 4.69) is 0 Å².